The molecule has 0 spiro atoms. The van der Waals surface area contributed by atoms with Crippen molar-refractivity contribution in [3.8, 4) is 5.75 Å². The fourth-order valence-electron chi connectivity index (χ4n) is 1.21. The molecule has 0 saturated carbocycles. The van der Waals surface area contributed by atoms with Crippen LogP contribution in [0.1, 0.15) is 6.42 Å². The molecule has 82 valence electrons. The van der Waals surface area contributed by atoms with Gasteiger partial charge in [0, 0.05) is 12.1 Å². The SMILES string of the molecule is C=[N+](C)CCCOc1ccc(N)cc1N. The molecule has 0 aliphatic heterocycles. The topological polar surface area (TPSA) is 64.3 Å². The molecule has 4 heteroatoms. The first-order valence-corrected chi connectivity index (χ1v) is 4.89. The predicted octanol–water partition coefficient (Wildman–Crippen LogP) is 0.963. The van der Waals surface area contributed by atoms with Crippen LogP contribution in [0.5, 0.6) is 5.75 Å². The fourth-order valence-corrected chi connectivity index (χ4v) is 1.21. The number of nitrogens with zero attached hydrogens (tertiary/aromatic N) is 1. The molecule has 1 aromatic rings. The number of anilines is 2. The second-order valence-electron chi connectivity index (χ2n) is 3.58. The van der Waals surface area contributed by atoms with Gasteiger partial charge in [0.25, 0.3) is 0 Å². The van der Waals surface area contributed by atoms with Crippen LogP contribution in [0.2, 0.25) is 0 Å². The van der Waals surface area contributed by atoms with Crippen molar-refractivity contribution in [3.05, 3.63) is 18.2 Å². The summed E-state index contributed by atoms with van der Waals surface area (Å²) < 4.78 is 7.38. The van der Waals surface area contributed by atoms with Crippen LogP contribution in [0.3, 0.4) is 0 Å². The molecule has 0 bridgehead atoms. The lowest BCUT2D eigenvalue weighted by molar-refractivity contribution is -0.489. The number of rotatable bonds is 5. The minimum Gasteiger partial charge on any atom is -0.491 e. The number of nitrogen functional groups attached to an aromatic ring is 2. The van der Waals surface area contributed by atoms with Crippen LogP contribution in [0, 0.1) is 0 Å². The normalized spacial score (nSPS) is 9.93. The van der Waals surface area contributed by atoms with E-state index in [1.54, 1.807) is 18.2 Å². The van der Waals surface area contributed by atoms with Gasteiger partial charge in [-0.3, -0.25) is 0 Å². The Kier molecular flexibility index (Phi) is 3.97. The molecule has 0 unspecified atom stereocenters. The van der Waals surface area contributed by atoms with Crippen molar-refractivity contribution in [3.63, 3.8) is 0 Å². The molecule has 1 rings (SSSR count). The lowest BCUT2D eigenvalue weighted by Crippen LogP contribution is -2.09. The van der Waals surface area contributed by atoms with Gasteiger partial charge < -0.3 is 16.2 Å². The van der Waals surface area contributed by atoms with E-state index in [9.17, 15) is 0 Å². The van der Waals surface area contributed by atoms with Gasteiger partial charge in [0.05, 0.1) is 12.3 Å². The molecule has 4 nitrogen and oxygen atoms in total. The van der Waals surface area contributed by atoms with Gasteiger partial charge in [0.1, 0.15) is 26.1 Å². The van der Waals surface area contributed by atoms with E-state index in [0.717, 1.165) is 13.0 Å². The smallest absolute Gasteiger partial charge is 0.145 e. The summed E-state index contributed by atoms with van der Waals surface area (Å²) in [5.74, 6) is 0.691. The zero-order chi connectivity index (χ0) is 11.3. The summed E-state index contributed by atoms with van der Waals surface area (Å²) in [7, 11) is 1.93. The fraction of sp³-hybridized carbons (Fsp3) is 0.364. The summed E-state index contributed by atoms with van der Waals surface area (Å²) in [6.45, 7) is 5.28. The first kappa shape index (κ1) is 11.4. The third-order valence-corrected chi connectivity index (χ3v) is 1.98. The third-order valence-electron chi connectivity index (χ3n) is 1.98. The van der Waals surface area contributed by atoms with E-state index in [1.807, 2.05) is 11.6 Å². The van der Waals surface area contributed by atoms with E-state index in [0.29, 0.717) is 23.7 Å². The Bertz CT molecular complexity index is 350. The largest absolute Gasteiger partial charge is 0.491 e. The van der Waals surface area contributed by atoms with Crippen LogP contribution < -0.4 is 16.2 Å². The summed E-state index contributed by atoms with van der Waals surface area (Å²) in [4.78, 5) is 0. The zero-order valence-corrected chi connectivity index (χ0v) is 9.07. The Labute approximate surface area is 90.2 Å². The van der Waals surface area contributed by atoms with Gasteiger partial charge in [-0.05, 0) is 18.2 Å². The Morgan fingerprint density at radius 1 is 1.40 bits per heavy atom. The van der Waals surface area contributed by atoms with E-state index in [-0.39, 0.29) is 0 Å². The summed E-state index contributed by atoms with van der Waals surface area (Å²) in [5.41, 5.74) is 12.5. The van der Waals surface area contributed by atoms with E-state index in [4.69, 9.17) is 16.2 Å². The molecule has 0 heterocycles. The van der Waals surface area contributed by atoms with Gasteiger partial charge in [-0.25, -0.2) is 4.58 Å². The predicted molar refractivity (Wildman–Crippen MR) is 63.6 cm³/mol. The molecular formula is C11H18N3O+. The lowest BCUT2D eigenvalue weighted by atomic mass is 10.2. The van der Waals surface area contributed by atoms with Crippen molar-refractivity contribution in [2.24, 2.45) is 0 Å². The van der Waals surface area contributed by atoms with Crippen molar-refractivity contribution < 1.29 is 9.31 Å². The maximum atomic E-state index is 5.74. The van der Waals surface area contributed by atoms with Gasteiger partial charge in [-0.2, -0.15) is 0 Å². The quantitative estimate of drug-likeness (QED) is 0.328. The molecule has 15 heavy (non-hydrogen) atoms. The van der Waals surface area contributed by atoms with E-state index >= 15 is 0 Å². The van der Waals surface area contributed by atoms with Crippen molar-refractivity contribution >= 4 is 18.1 Å². The molecule has 4 N–H and O–H groups in total. The van der Waals surface area contributed by atoms with Crippen LogP contribution in [0.25, 0.3) is 0 Å². The van der Waals surface area contributed by atoms with Gasteiger partial charge in [0.15, 0.2) is 0 Å². The lowest BCUT2D eigenvalue weighted by Gasteiger charge is -2.08. The Morgan fingerprint density at radius 3 is 2.73 bits per heavy atom. The Hall–Kier alpha value is -1.71. The minimum absolute atomic E-state index is 0.581. The van der Waals surface area contributed by atoms with Crippen LogP contribution in [-0.4, -0.2) is 31.5 Å². The first-order valence-electron chi connectivity index (χ1n) is 4.89. The number of nitrogens with two attached hydrogens (primary N) is 2. The first-order chi connectivity index (χ1) is 7.09. The van der Waals surface area contributed by atoms with Crippen molar-refractivity contribution in [2.75, 3.05) is 31.7 Å². The second kappa shape index (κ2) is 5.24. The number of ether oxygens (including phenoxy) is 1. The highest BCUT2D eigenvalue weighted by molar-refractivity contribution is 5.60. The third kappa shape index (κ3) is 3.89. The number of hydrogen-bond acceptors (Lipinski definition) is 3. The highest BCUT2D eigenvalue weighted by Crippen LogP contribution is 2.23. The molecule has 0 atom stereocenters. The van der Waals surface area contributed by atoms with Crippen LogP contribution >= 0.6 is 0 Å². The standard InChI is InChI=1S/C11H18N3O/c1-14(2)6-3-7-15-11-5-4-9(12)8-10(11)13/h4-5,8H,1,3,6-7,12-13H2,2H3/q+1. The Balaban J connectivity index is 2.40. The minimum atomic E-state index is 0.581. The highest BCUT2D eigenvalue weighted by atomic mass is 16.5. The number of hydrogen-bond donors (Lipinski definition) is 2. The Morgan fingerprint density at radius 2 is 2.13 bits per heavy atom. The highest BCUT2D eigenvalue weighted by Gasteiger charge is 2.01. The molecule has 0 amide bonds. The maximum absolute atomic E-state index is 5.74. The van der Waals surface area contributed by atoms with Gasteiger partial charge in [-0.1, -0.05) is 0 Å². The molecule has 0 saturated heterocycles. The van der Waals surface area contributed by atoms with Crippen molar-refractivity contribution in [2.45, 2.75) is 6.42 Å². The second-order valence-corrected chi connectivity index (χ2v) is 3.58. The van der Waals surface area contributed by atoms with Crippen molar-refractivity contribution in [1.29, 1.82) is 0 Å². The summed E-state index contributed by atoms with van der Waals surface area (Å²) in [6.07, 6.45) is 0.920. The number of benzene rings is 1. The summed E-state index contributed by atoms with van der Waals surface area (Å²) in [5, 5.41) is 0. The maximum Gasteiger partial charge on any atom is 0.145 e. The molecular weight excluding hydrogens is 190 g/mol. The zero-order valence-electron chi connectivity index (χ0n) is 9.07. The van der Waals surface area contributed by atoms with E-state index < -0.39 is 0 Å². The van der Waals surface area contributed by atoms with Crippen molar-refractivity contribution in [1.82, 2.24) is 0 Å². The van der Waals surface area contributed by atoms with Gasteiger partial charge in [0.2, 0.25) is 0 Å². The summed E-state index contributed by atoms with van der Waals surface area (Å²) in [6, 6.07) is 5.26. The van der Waals surface area contributed by atoms with Crippen LogP contribution in [0.15, 0.2) is 18.2 Å². The monoisotopic (exact) mass is 208 g/mol. The molecule has 0 aliphatic carbocycles. The summed E-state index contributed by atoms with van der Waals surface area (Å²) >= 11 is 0. The molecule has 0 aliphatic rings. The molecule has 1 aromatic carbocycles. The van der Waals surface area contributed by atoms with E-state index in [2.05, 4.69) is 6.72 Å². The average Bonchev–Trinajstić information content (AvgIpc) is 2.14. The van der Waals surface area contributed by atoms with E-state index in [1.165, 1.54) is 0 Å². The molecule has 0 fully saturated rings. The molecule has 0 radical (unpaired) electrons. The van der Waals surface area contributed by atoms with Gasteiger partial charge in [-0.15, -0.1) is 0 Å². The molecule has 0 aromatic heterocycles. The van der Waals surface area contributed by atoms with Crippen LogP contribution in [0.4, 0.5) is 11.4 Å². The average molecular weight is 208 g/mol. The van der Waals surface area contributed by atoms with Gasteiger partial charge >= 0.3 is 0 Å². The van der Waals surface area contributed by atoms with Crippen LogP contribution in [-0.2, 0) is 0 Å².